The van der Waals surface area contributed by atoms with Crippen molar-refractivity contribution in [3.05, 3.63) is 83.7 Å². The zero-order valence-electron chi connectivity index (χ0n) is 13.6. The highest BCUT2D eigenvalue weighted by molar-refractivity contribution is 6.12. The predicted octanol–water partition coefficient (Wildman–Crippen LogP) is 4.01. The number of hydrogen-bond acceptors (Lipinski definition) is 4. The summed E-state index contributed by atoms with van der Waals surface area (Å²) < 4.78 is 13.3. The van der Waals surface area contributed by atoms with Gasteiger partial charge in [-0.15, -0.1) is 0 Å². The zero-order chi connectivity index (χ0) is 18.3. The molecule has 1 aliphatic heterocycles. The number of amides is 1. The normalized spacial score (nSPS) is 16.1. The average Bonchev–Trinajstić information content (AvgIpc) is 2.65. The third-order valence-electron chi connectivity index (χ3n) is 4.35. The Balaban J connectivity index is 1.86. The summed E-state index contributed by atoms with van der Waals surface area (Å²) in [6.07, 6.45) is -0.630. The van der Waals surface area contributed by atoms with Crippen LogP contribution in [0, 0.1) is 5.82 Å². The van der Waals surface area contributed by atoms with Gasteiger partial charge >= 0.3 is 0 Å². The summed E-state index contributed by atoms with van der Waals surface area (Å²) in [5.41, 5.74) is 2.24. The van der Waals surface area contributed by atoms with Crippen molar-refractivity contribution in [1.29, 1.82) is 0 Å². The van der Waals surface area contributed by atoms with Gasteiger partial charge in [0.05, 0.1) is 5.56 Å². The quantitative estimate of drug-likeness (QED) is 0.611. The van der Waals surface area contributed by atoms with Crippen molar-refractivity contribution in [2.24, 2.45) is 0 Å². The minimum absolute atomic E-state index is 0.246. The van der Waals surface area contributed by atoms with Gasteiger partial charge in [-0.3, -0.25) is 9.69 Å². The fourth-order valence-corrected chi connectivity index (χ4v) is 3.07. The highest BCUT2D eigenvalue weighted by Crippen LogP contribution is 2.38. The lowest BCUT2D eigenvalue weighted by Gasteiger charge is -2.38. The van der Waals surface area contributed by atoms with E-state index in [1.54, 1.807) is 24.3 Å². The first-order chi connectivity index (χ1) is 12.5. The van der Waals surface area contributed by atoms with Gasteiger partial charge in [0.2, 0.25) is 0 Å². The van der Waals surface area contributed by atoms with Crippen molar-refractivity contribution < 1.29 is 19.4 Å². The van der Waals surface area contributed by atoms with Crippen LogP contribution >= 0.6 is 0 Å². The second kappa shape index (κ2) is 6.07. The number of para-hydroxylation sites is 1. The number of nitrogens with one attached hydrogen (secondary N) is 1. The maximum atomic E-state index is 13.3. The molecule has 0 fully saturated rings. The molecule has 26 heavy (non-hydrogen) atoms. The topological polar surface area (TPSA) is 72.8 Å². The third-order valence-corrected chi connectivity index (χ3v) is 4.35. The van der Waals surface area contributed by atoms with Crippen LogP contribution in [0.15, 0.2) is 66.7 Å². The largest absolute Gasteiger partial charge is 0.504 e. The van der Waals surface area contributed by atoms with Gasteiger partial charge in [-0.25, -0.2) is 4.39 Å². The summed E-state index contributed by atoms with van der Waals surface area (Å²) in [5.74, 6) is -1.17. The van der Waals surface area contributed by atoms with Gasteiger partial charge in [0.25, 0.3) is 5.91 Å². The van der Waals surface area contributed by atoms with Crippen molar-refractivity contribution in [2.45, 2.75) is 6.17 Å². The molecule has 0 aliphatic carbocycles. The molecule has 3 aromatic carbocycles. The van der Waals surface area contributed by atoms with Crippen LogP contribution in [0.5, 0.6) is 11.5 Å². The van der Waals surface area contributed by atoms with Gasteiger partial charge in [-0.1, -0.05) is 18.2 Å². The number of fused-ring (bicyclic) bond motifs is 1. The summed E-state index contributed by atoms with van der Waals surface area (Å²) in [6, 6.07) is 17.1. The third kappa shape index (κ3) is 2.61. The minimum atomic E-state index is -0.630. The molecule has 1 heterocycles. The van der Waals surface area contributed by atoms with Gasteiger partial charge < -0.3 is 15.5 Å². The number of anilines is 2. The van der Waals surface area contributed by atoms with Crippen molar-refractivity contribution in [3.63, 3.8) is 0 Å². The number of nitrogens with zero attached hydrogens (tertiary/aromatic N) is 1. The second-order valence-corrected chi connectivity index (χ2v) is 5.99. The molecular formula is C20H15FN2O3. The zero-order valence-corrected chi connectivity index (χ0v) is 13.6. The molecular weight excluding hydrogens is 335 g/mol. The van der Waals surface area contributed by atoms with E-state index in [4.69, 9.17) is 0 Å². The van der Waals surface area contributed by atoms with E-state index in [0.717, 1.165) is 0 Å². The van der Waals surface area contributed by atoms with Crippen LogP contribution in [0.25, 0.3) is 0 Å². The molecule has 3 N–H and O–H groups in total. The fraction of sp³-hybridized carbons (Fsp3) is 0.0500. The predicted molar refractivity (Wildman–Crippen MR) is 95.8 cm³/mol. The van der Waals surface area contributed by atoms with Gasteiger partial charge in [-0.05, 0) is 54.1 Å². The van der Waals surface area contributed by atoms with Gasteiger partial charge in [0, 0.05) is 11.4 Å². The summed E-state index contributed by atoms with van der Waals surface area (Å²) >= 11 is 0. The van der Waals surface area contributed by atoms with E-state index in [9.17, 15) is 19.4 Å². The number of carbonyl (C=O) groups is 1. The Bertz CT molecular complexity index is 989. The second-order valence-electron chi connectivity index (χ2n) is 5.99. The molecule has 0 saturated heterocycles. The van der Waals surface area contributed by atoms with Gasteiger partial charge in [-0.2, -0.15) is 0 Å². The SMILES string of the molecule is O=C1c2ccccc2N[C@H](c2ccc(O)c(O)c2)N1c1ccc(F)cc1. The lowest BCUT2D eigenvalue weighted by Crippen LogP contribution is -2.43. The average molecular weight is 350 g/mol. The van der Waals surface area contributed by atoms with Crippen LogP contribution in [0.2, 0.25) is 0 Å². The van der Waals surface area contributed by atoms with Crippen molar-refractivity contribution in [3.8, 4) is 11.5 Å². The van der Waals surface area contributed by atoms with Crippen molar-refractivity contribution in [2.75, 3.05) is 10.2 Å². The lowest BCUT2D eigenvalue weighted by molar-refractivity contribution is 0.0975. The molecule has 0 aromatic heterocycles. The number of benzene rings is 3. The van der Waals surface area contributed by atoms with Crippen LogP contribution < -0.4 is 10.2 Å². The highest BCUT2D eigenvalue weighted by atomic mass is 19.1. The smallest absolute Gasteiger partial charge is 0.262 e. The summed E-state index contributed by atoms with van der Waals surface area (Å²) in [5, 5.41) is 22.7. The number of carbonyl (C=O) groups excluding carboxylic acids is 1. The van der Waals surface area contributed by atoms with Crippen LogP contribution in [-0.2, 0) is 0 Å². The fourth-order valence-electron chi connectivity index (χ4n) is 3.07. The van der Waals surface area contributed by atoms with Gasteiger partial charge in [0.1, 0.15) is 12.0 Å². The first-order valence-electron chi connectivity index (χ1n) is 8.01. The Morgan fingerprint density at radius 2 is 1.65 bits per heavy atom. The summed E-state index contributed by atoms with van der Waals surface area (Å²) in [6.45, 7) is 0. The Labute approximate surface area is 148 Å². The Kier molecular flexibility index (Phi) is 3.73. The van der Waals surface area contributed by atoms with E-state index >= 15 is 0 Å². The molecule has 0 unspecified atom stereocenters. The first-order valence-corrected chi connectivity index (χ1v) is 8.01. The maximum Gasteiger partial charge on any atom is 0.262 e. The van der Waals surface area contributed by atoms with E-state index in [1.807, 2.05) is 6.07 Å². The summed E-state index contributed by atoms with van der Waals surface area (Å²) in [7, 11) is 0. The molecule has 130 valence electrons. The van der Waals surface area contributed by atoms with Crippen LogP contribution in [-0.4, -0.2) is 16.1 Å². The number of phenolic OH excluding ortho intramolecular Hbond substituents is 2. The maximum absolute atomic E-state index is 13.3. The molecule has 4 rings (SSSR count). The van der Waals surface area contributed by atoms with E-state index in [0.29, 0.717) is 22.5 Å². The Morgan fingerprint density at radius 3 is 2.38 bits per heavy atom. The van der Waals surface area contributed by atoms with Crippen molar-refractivity contribution >= 4 is 17.3 Å². The molecule has 1 aliphatic rings. The lowest BCUT2D eigenvalue weighted by atomic mass is 10.0. The molecule has 3 aromatic rings. The number of rotatable bonds is 2. The van der Waals surface area contributed by atoms with E-state index in [1.165, 1.54) is 41.3 Å². The molecule has 1 atom stereocenters. The highest BCUT2D eigenvalue weighted by Gasteiger charge is 2.34. The molecule has 5 nitrogen and oxygen atoms in total. The Hall–Kier alpha value is -3.54. The molecule has 0 saturated carbocycles. The number of phenols is 2. The molecule has 0 radical (unpaired) electrons. The van der Waals surface area contributed by atoms with E-state index in [-0.39, 0.29) is 17.4 Å². The monoisotopic (exact) mass is 350 g/mol. The minimum Gasteiger partial charge on any atom is -0.504 e. The van der Waals surface area contributed by atoms with E-state index in [2.05, 4.69) is 5.32 Å². The molecule has 1 amide bonds. The first kappa shape index (κ1) is 16.0. The molecule has 0 bridgehead atoms. The summed E-state index contributed by atoms with van der Waals surface area (Å²) in [4.78, 5) is 14.6. The van der Waals surface area contributed by atoms with Crippen molar-refractivity contribution in [1.82, 2.24) is 0 Å². The van der Waals surface area contributed by atoms with Crippen LogP contribution in [0.3, 0.4) is 0 Å². The van der Waals surface area contributed by atoms with Crippen LogP contribution in [0.4, 0.5) is 15.8 Å². The number of aromatic hydroxyl groups is 2. The van der Waals surface area contributed by atoms with E-state index < -0.39 is 12.0 Å². The molecule has 0 spiro atoms. The van der Waals surface area contributed by atoms with Crippen LogP contribution in [0.1, 0.15) is 22.1 Å². The number of halogens is 1. The molecule has 6 heteroatoms. The van der Waals surface area contributed by atoms with Gasteiger partial charge in [0.15, 0.2) is 11.5 Å². The standard InChI is InChI=1S/C20H15FN2O3/c21-13-6-8-14(9-7-13)23-19(12-5-10-17(24)18(25)11-12)22-16-4-2-1-3-15(16)20(23)26/h1-11,19,22,24-25H/t19-/m0/s1. The Morgan fingerprint density at radius 1 is 0.923 bits per heavy atom. The number of hydrogen-bond donors (Lipinski definition) is 3.